The zero-order valence-corrected chi connectivity index (χ0v) is 17.0. The molecule has 28 heavy (non-hydrogen) atoms. The molecule has 1 heterocycles. The highest BCUT2D eigenvalue weighted by molar-refractivity contribution is 8.01. The maximum Gasteiger partial charge on any atom is 0.234 e. The Bertz CT molecular complexity index is 1030. The summed E-state index contributed by atoms with van der Waals surface area (Å²) in [7, 11) is 1.61. The minimum absolute atomic E-state index is 0.172. The van der Waals surface area contributed by atoms with Gasteiger partial charge in [0.15, 0.2) is 4.34 Å². The third-order valence-electron chi connectivity index (χ3n) is 3.43. The number of amides is 1. The number of rotatable bonds is 7. The molecule has 7 nitrogen and oxygen atoms in total. The molecular weight excluding hydrogens is 418 g/mol. The van der Waals surface area contributed by atoms with Gasteiger partial charge in [-0.2, -0.15) is 5.26 Å². The molecule has 2 N–H and O–H groups in total. The number of thioether (sulfide) groups is 1. The second-order valence-electron chi connectivity index (χ2n) is 5.37. The normalized spacial score (nSPS) is 10.2. The molecule has 0 aliphatic carbocycles. The molecule has 10 heteroatoms. The number of nitrogens with zero attached hydrogens (tertiary/aromatic N) is 3. The largest absolute Gasteiger partial charge is 0.497 e. The number of ether oxygens (including phenoxy) is 1. The smallest absolute Gasteiger partial charge is 0.234 e. The Kier molecular flexibility index (Phi) is 6.71. The fraction of sp³-hybridized carbons (Fsp3) is 0.111. The molecule has 0 aliphatic heterocycles. The van der Waals surface area contributed by atoms with E-state index < -0.39 is 0 Å². The van der Waals surface area contributed by atoms with Gasteiger partial charge in [0.2, 0.25) is 11.0 Å². The molecule has 0 aliphatic rings. The van der Waals surface area contributed by atoms with Crippen molar-refractivity contribution in [1.82, 2.24) is 10.2 Å². The maximum atomic E-state index is 12.1. The lowest BCUT2D eigenvalue weighted by molar-refractivity contribution is -0.113. The number of anilines is 3. The molecule has 1 aromatic heterocycles. The second kappa shape index (κ2) is 9.41. The van der Waals surface area contributed by atoms with Crippen LogP contribution < -0.4 is 15.4 Å². The Morgan fingerprint density at radius 3 is 2.89 bits per heavy atom. The van der Waals surface area contributed by atoms with Crippen LogP contribution in [0.15, 0.2) is 46.8 Å². The summed E-state index contributed by atoms with van der Waals surface area (Å²) in [6.07, 6.45) is 0. The Morgan fingerprint density at radius 2 is 2.14 bits per heavy atom. The number of nitrogens with one attached hydrogen (secondary N) is 2. The van der Waals surface area contributed by atoms with Crippen molar-refractivity contribution in [3.63, 3.8) is 0 Å². The van der Waals surface area contributed by atoms with Gasteiger partial charge < -0.3 is 15.4 Å². The maximum absolute atomic E-state index is 12.1. The van der Waals surface area contributed by atoms with Crippen LogP contribution in [0.2, 0.25) is 5.02 Å². The quantitative estimate of drug-likeness (QED) is 0.529. The highest BCUT2D eigenvalue weighted by Gasteiger charge is 2.10. The van der Waals surface area contributed by atoms with Crippen LogP contribution in [0.4, 0.5) is 16.5 Å². The van der Waals surface area contributed by atoms with Crippen molar-refractivity contribution in [3.8, 4) is 11.8 Å². The summed E-state index contributed by atoms with van der Waals surface area (Å²) in [5.41, 5.74) is 1.73. The zero-order chi connectivity index (χ0) is 19.9. The summed E-state index contributed by atoms with van der Waals surface area (Å²) in [6.45, 7) is 0. The van der Waals surface area contributed by atoms with Crippen LogP contribution in [0.5, 0.6) is 5.75 Å². The first-order valence-electron chi connectivity index (χ1n) is 7.94. The summed E-state index contributed by atoms with van der Waals surface area (Å²) in [6, 6.07) is 14.2. The van der Waals surface area contributed by atoms with Crippen molar-refractivity contribution in [2.45, 2.75) is 4.34 Å². The highest BCUT2D eigenvalue weighted by Crippen LogP contribution is 2.29. The molecule has 0 saturated heterocycles. The number of hydrogen-bond acceptors (Lipinski definition) is 8. The van der Waals surface area contributed by atoms with Gasteiger partial charge in [0.05, 0.1) is 23.4 Å². The van der Waals surface area contributed by atoms with E-state index in [0.29, 0.717) is 25.7 Å². The van der Waals surface area contributed by atoms with Crippen molar-refractivity contribution in [2.75, 3.05) is 23.5 Å². The van der Waals surface area contributed by atoms with Crippen LogP contribution in [0, 0.1) is 11.3 Å². The average molecular weight is 432 g/mol. The van der Waals surface area contributed by atoms with Crippen LogP contribution in [-0.4, -0.2) is 29.0 Å². The first-order chi connectivity index (χ1) is 13.6. The average Bonchev–Trinajstić information content (AvgIpc) is 3.14. The predicted molar refractivity (Wildman–Crippen MR) is 112 cm³/mol. The van der Waals surface area contributed by atoms with Crippen LogP contribution >= 0.6 is 34.7 Å². The van der Waals surface area contributed by atoms with Gasteiger partial charge in [-0.3, -0.25) is 4.79 Å². The van der Waals surface area contributed by atoms with Gasteiger partial charge in [0.1, 0.15) is 11.8 Å². The van der Waals surface area contributed by atoms with E-state index in [1.165, 1.54) is 23.1 Å². The van der Waals surface area contributed by atoms with Crippen molar-refractivity contribution in [1.29, 1.82) is 5.26 Å². The van der Waals surface area contributed by atoms with E-state index >= 15 is 0 Å². The Morgan fingerprint density at radius 1 is 1.29 bits per heavy atom. The van der Waals surface area contributed by atoms with Gasteiger partial charge in [-0.25, -0.2) is 0 Å². The number of halogens is 1. The predicted octanol–water partition coefficient (Wildman–Crippen LogP) is 4.55. The number of carbonyl (C=O) groups is 1. The third kappa shape index (κ3) is 5.36. The minimum atomic E-state index is -0.205. The van der Waals surface area contributed by atoms with Gasteiger partial charge in [0, 0.05) is 17.4 Å². The number of hydrogen-bond donors (Lipinski definition) is 2. The zero-order valence-electron chi connectivity index (χ0n) is 14.6. The van der Waals surface area contributed by atoms with Crippen molar-refractivity contribution >= 4 is 57.1 Å². The number of carbonyl (C=O) groups excluding carboxylic acids is 1. The summed E-state index contributed by atoms with van der Waals surface area (Å²) >= 11 is 8.59. The van der Waals surface area contributed by atoms with Gasteiger partial charge >= 0.3 is 0 Å². The summed E-state index contributed by atoms with van der Waals surface area (Å²) in [5, 5.41) is 23.8. The SMILES string of the molecule is COc1cccc(Nc2nnc(SCC(=O)Nc3ccc(C#N)c(Cl)c3)s2)c1. The number of benzene rings is 2. The standard InChI is InChI=1S/C18H14ClN5O2S2/c1-26-14-4-2-3-12(7-14)22-17-23-24-18(28-17)27-10-16(25)21-13-6-5-11(9-20)15(19)8-13/h2-8H,10H2,1H3,(H,21,25)(H,22,23). The van der Waals surface area contributed by atoms with Gasteiger partial charge in [-0.15, -0.1) is 10.2 Å². The molecule has 0 unspecified atom stereocenters. The van der Waals surface area contributed by atoms with Crippen molar-refractivity contribution < 1.29 is 9.53 Å². The van der Waals surface area contributed by atoms with Crippen LogP contribution in [0.1, 0.15) is 5.56 Å². The lowest BCUT2D eigenvalue weighted by atomic mass is 10.2. The van der Waals surface area contributed by atoms with E-state index in [4.69, 9.17) is 21.6 Å². The lowest BCUT2D eigenvalue weighted by Gasteiger charge is -2.05. The second-order valence-corrected chi connectivity index (χ2v) is 7.98. The van der Waals surface area contributed by atoms with Crippen LogP contribution in [-0.2, 0) is 4.79 Å². The molecule has 3 rings (SSSR count). The first-order valence-corrected chi connectivity index (χ1v) is 10.1. The number of methoxy groups -OCH3 is 1. The fourth-order valence-corrected chi connectivity index (χ4v) is 3.95. The molecule has 1 amide bonds. The van der Waals surface area contributed by atoms with E-state index in [0.717, 1.165) is 11.4 Å². The van der Waals surface area contributed by atoms with Gasteiger partial charge in [-0.1, -0.05) is 40.8 Å². The number of aromatic nitrogens is 2. The van der Waals surface area contributed by atoms with E-state index in [1.54, 1.807) is 25.3 Å². The minimum Gasteiger partial charge on any atom is -0.497 e. The molecule has 2 aromatic carbocycles. The van der Waals surface area contributed by atoms with Gasteiger partial charge in [-0.05, 0) is 30.3 Å². The Balaban J connectivity index is 1.53. The van der Waals surface area contributed by atoms with E-state index in [-0.39, 0.29) is 11.7 Å². The topological polar surface area (TPSA) is 99.9 Å². The summed E-state index contributed by atoms with van der Waals surface area (Å²) in [5.74, 6) is 0.706. The summed E-state index contributed by atoms with van der Waals surface area (Å²) < 4.78 is 5.85. The Hall–Kier alpha value is -2.80. The molecule has 0 spiro atoms. The third-order valence-corrected chi connectivity index (χ3v) is 5.71. The molecule has 0 fully saturated rings. The summed E-state index contributed by atoms with van der Waals surface area (Å²) in [4.78, 5) is 12.1. The molecule has 0 bridgehead atoms. The lowest BCUT2D eigenvalue weighted by Crippen LogP contribution is -2.13. The van der Waals surface area contributed by atoms with E-state index in [1.807, 2.05) is 30.3 Å². The van der Waals surface area contributed by atoms with E-state index in [9.17, 15) is 4.79 Å². The monoisotopic (exact) mass is 431 g/mol. The van der Waals surface area contributed by atoms with Crippen LogP contribution in [0.3, 0.4) is 0 Å². The molecular formula is C18H14ClN5O2S2. The fourth-order valence-electron chi connectivity index (χ4n) is 2.15. The molecule has 142 valence electrons. The van der Waals surface area contributed by atoms with Crippen molar-refractivity contribution in [3.05, 3.63) is 53.1 Å². The van der Waals surface area contributed by atoms with E-state index in [2.05, 4.69) is 20.8 Å². The van der Waals surface area contributed by atoms with Crippen molar-refractivity contribution in [2.24, 2.45) is 0 Å². The first kappa shape index (κ1) is 19.9. The molecule has 0 radical (unpaired) electrons. The highest BCUT2D eigenvalue weighted by atomic mass is 35.5. The number of nitriles is 1. The molecule has 3 aromatic rings. The van der Waals surface area contributed by atoms with Gasteiger partial charge in [0.25, 0.3) is 0 Å². The van der Waals surface area contributed by atoms with Crippen LogP contribution in [0.25, 0.3) is 0 Å². The molecule has 0 atom stereocenters. The molecule has 0 saturated carbocycles. The Labute approximate surface area is 174 Å².